The number of hydrogen-bond acceptors (Lipinski definition) is 4. The minimum Gasteiger partial charge on any atom is -0.348 e. The number of nitrogens with one attached hydrogen (secondary N) is 1. The molecule has 150 valence electrons. The summed E-state index contributed by atoms with van der Waals surface area (Å²) in [6.45, 7) is 7.00. The number of amides is 1. The summed E-state index contributed by atoms with van der Waals surface area (Å²) in [4.78, 5) is 23.7. The molecule has 2 aromatic carbocycles. The average molecular weight is 403 g/mol. The third kappa shape index (κ3) is 5.05. The SMILES string of the molecule is CC(=O)c1ccc(S(=O)(=O)N(C)CC(=O)NC(C)c2ccc(C)c(C)c2)cc1. The van der Waals surface area contributed by atoms with E-state index in [1.807, 2.05) is 39.0 Å². The summed E-state index contributed by atoms with van der Waals surface area (Å²) in [5.41, 5.74) is 3.69. The molecule has 0 fully saturated rings. The third-order valence-electron chi connectivity index (χ3n) is 4.74. The Balaban J connectivity index is 2.05. The summed E-state index contributed by atoms with van der Waals surface area (Å²) in [5, 5.41) is 2.83. The number of rotatable bonds is 7. The molecule has 0 aliphatic carbocycles. The molecule has 2 aromatic rings. The van der Waals surface area contributed by atoms with Crippen LogP contribution in [0.5, 0.6) is 0 Å². The molecule has 28 heavy (non-hydrogen) atoms. The molecule has 0 aliphatic heterocycles. The van der Waals surface area contributed by atoms with E-state index >= 15 is 0 Å². The van der Waals surface area contributed by atoms with Crippen molar-refractivity contribution in [1.82, 2.24) is 9.62 Å². The predicted molar refractivity (Wildman–Crippen MR) is 109 cm³/mol. The highest BCUT2D eigenvalue weighted by atomic mass is 32.2. The average Bonchev–Trinajstić information content (AvgIpc) is 2.63. The molecule has 1 N–H and O–H groups in total. The van der Waals surface area contributed by atoms with Crippen molar-refractivity contribution < 1.29 is 18.0 Å². The van der Waals surface area contributed by atoms with Gasteiger partial charge in [0.2, 0.25) is 15.9 Å². The first kappa shape index (κ1) is 21.8. The molecule has 1 atom stereocenters. The van der Waals surface area contributed by atoms with E-state index in [0.717, 1.165) is 15.4 Å². The van der Waals surface area contributed by atoms with E-state index in [1.165, 1.54) is 43.8 Å². The van der Waals surface area contributed by atoms with E-state index in [-0.39, 0.29) is 23.3 Å². The Morgan fingerprint density at radius 2 is 1.64 bits per heavy atom. The Bertz CT molecular complexity index is 982. The number of carbonyl (C=O) groups excluding carboxylic acids is 2. The van der Waals surface area contributed by atoms with E-state index in [9.17, 15) is 18.0 Å². The fourth-order valence-electron chi connectivity index (χ4n) is 2.73. The fraction of sp³-hybridized carbons (Fsp3) is 0.333. The zero-order valence-corrected chi connectivity index (χ0v) is 17.6. The Hall–Kier alpha value is -2.51. The molecule has 1 amide bonds. The maximum Gasteiger partial charge on any atom is 0.243 e. The number of nitrogens with zero attached hydrogens (tertiary/aromatic N) is 1. The quantitative estimate of drug-likeness (QED) is 0.722. The first-order valence-electron chi connectivity index (χ1n) is 8.96. The van der Waals surface area contributed by atoms with Gasteiger partial charge in [0, 0.05) is 12.6 Å². The molecule has 0 saturated carbocycles. The van der Waals surface area contributed by atoms with Gasteiger partial charge in [-0.05, 0) is 56.5 Å². The minimum absolute atomic E-state index is 0.0370. The van der Waals surface area contributed by atoms with Gasteiger partial charge < -0.3 is 5.32 Å². The first-order chi connectivity index (χ1) is 13.0. The normalized spacial score (nSPS) is 12.6. The van der Waals surface area contributed by atoms with E-state index in [1.54, 1.807) is 0 Å². The number of benzene rings is 2. The Morgan fingerprint density at radius 3 is 2.18 bits per heavy atom. The van der Waals surface area contributed by atoms with Crippen LogP contribution in [0.25, 0.3) is 0 Å². The lowest BCUT2D eigenvalue weighted by Gasteiger charge is -2.20. The molecule has 7 heteroatoms. The minimum atomic E-state index is -3.83. The van der Waals surface area contributed by atoms with E-state index < -0.39 is 15.9 Å². The van der Waals surface area contributed by atoms with Crippen LogP contribution in [0.4, 0.5) is 0 Å². The Labute approximate surface area is 166 Å². The van der Waals surface area contributed by atoms with Crippen molar-refractivity contribution in [1.29, 1.82) is 0 Å². The number of ketones is 1. The van der Waals surface area contributed by atoms with Crippen molar-refractivity contribution in [2.75, 3.05) is 13.6 Å². The molecule has 0 bridgehead atoms. The number of carbonyl (C=O) groups is 2. The van der Waals surface area contributed by atoms with Crippen molar-refractivity contribution in [3.8, 4) is 0 Å². The van der Waals surface area contributed by atoms with Gasteiger partial charge in [-0.15, -0.1) is 0 Å². The lowest BCUT2D eigenvalue weighted by molar-refractivity contribution is -0.121. The molecular formula is C21H26N2O4S. The van der Waals surface area contributed by atoms with Crippen LogP contribution in [0.15, 0.2) is 47.4 Å². The second kappa shape index (κ2) is 8.67. The van der Waals surface area contributed by atoms with Gasteiger partial charge in [-0.1, -0.05) is 30.3 Å². The van der Waals surface area contributed by atoms with Crippen LogP contribution in [-0.2, 0) is 14.8 Å². The van der Waals surface area contributed by atoms with Crippen molar-refractivity contribution in [3.63, 3.8) is 0 Å². The van der Waals surface area contributed by atoms with Crippen molar-refractivity contribution in [2.45, 2.75) is 38.6 Å². The van der Waals surface area contributed by atoms with Crippen molar-refractivity contribution in [3.05, 3.63) is 64.7 Å². The Kier molecular flexibility index (Phi) is 6.74. The van der Waals surface area contributed by atoms with Gasteiger partial charge in [-0.2, -0.15) is 4.31 Å². The van der Waals surface area contributed by atoms with Gasteiger partial charge in [0.1, 0.15) is 0 Å². The summed E-state index contributed by atoms with van der Waals surface area (Å²) in [6, 6.07) is 11.4. The van der Waals surface area contributed by atoms with Crippen LogP contribution in [0, 0.1) is 13.8 Å². The van der Waals surface area contributed by atoms with Crippen molar-refractivity contribution >= 4 is 21.7 Å². The zero-order chi connectivity index (χ0) is 21.1. The van der Waals surface area contributed by atoms with Gasteiger partial charge in [0.05, 0.1) is 17.5 Å². The van der Waals surface area contributed by atoms with Crippen LogP contribution in [-0.4, -0.2) is 38.0 Å². The highest BCUT2D eigenvalue weighted by molar-refractivity contribution is 7.89. The number of likely N-dealkylation sites (N-methyl/N-ethyl adjacent to an activating group) is 1. The van der Waals surface area contributed by atoms with E-state index in [4.69, 9.17) is 0 Å². The molecule has 0 saturated heterocycles. The molecule has 0 aromatic heterocycles. The van der Waals surface area contributed by atoms with Gasteiger partial charge in [-0.3, -0.25) is 9.59 Å². The maximum absolute atomic E-state index is 12.6. The van der Waals surface area contributed by atoms with Gasteiger partial charge in [-0.25, -0.2) is 8.42 Å². The second-order valence-corrected chi connectivity index (χ2v) is 9.02. The number of Topliss-reactive ketones (excluding diaryl/α,β-unsaturated/α-hetero) is 1. The van der Waals surface area contributed by atoms with Crippen LogP contribution < -0.4 is 5.32 Å². The predicted octanol–water partition coefficient (Wildman–Crippen LogP) is 3.00. The Morgan fingerprint density at radius 1 is 1.04 bits per heavy atom. The van der Waals surface area contributed by atoms with Crippen LogP contribution in [0.3, 0.4) is 0 Å². The molecule has 6 nitrogen and oxygen atoms in total. The number of hydrogen-bond donors (Lipinski definition) is 1. The smallest absolute Gasteiger partial charge is 0.243 e. The first-order valence-corrected chi connectivity index (χ1v) is 10.4. The van der Waals surface area contributed by atoms with Crippen LogP contribution in [0.2, 0.25) is 0 Å². The summed E-state index contributed by atoms with van der Waals surface area (Å²) >= 11 is 0. The maximum atomic E-state index is 12.6. The molecule has 2 rings (SSSR count). The topological polar surface area (TPSA) is 83.6 Å². The summed E-state index contributed by atoms with van der Waals surface area (Å²) in [5.74, 6) is -0.533. The largest absolute Gasteiger partial charge is 0.348 e. The second-order valence-electron chi connectivity index (χ2n) is 6.97. The highest BCUT2D eigenvalue weighted by Crippen LogP contribution is 2.18. The lowest BCUT2D eigenvalue weighted by Crippen LogP contribution is -2.39. The standard InChI is InChI=1S/C21H26N2O4S/c1-14-6-7-19(12-15(14)2)16(3)22-21(25)13-23(5)28(26,27)20-10-8-18(9-11-20)17(4)24/h6-12,16H,13H2,1-5H3,(H,22,25). The number of sulfonamides is 1. The molecule has 0 aliphatic rings. The number of aryl methyl sites for hydroxylation is 2. The molecular weight excluding hydrogens is 376 g/mol. The van der Waals surface area contributed by atoms with Crippen molar-refractivity contribution in [2.24, 2.45) is 0 Å². The van der Waals surface area contributed by atoms with E-state index in [2.05, 4.69) is 5.32 Å². The van der Waals surface area contributed by atoms with E-state index in [0.29, 0.717) is 5.56 Å². The van der Waals surface area contributed by atoms with Gasteiger partial charge >= 0.3 is 0 Å². The molecule has 0 spiro atoms. The molecule has 1 unspecified atom stereocenters. The zero-order valence-electron chi connectivity index (χ0n) is 16.8. The van der Waals surface area contributed by atoms with Gasteiger partial charge in [0.15, 0.2) is 5.78 Å². The molecule has 0 radical (unpaired) electrons. The van der Waals surface area contributed by atoms with Gasteiger partial charge in [0.25, 0.3) is 0 Å². The van der Waals surface area contributed by atoms with Crippen LogP contribution in [0.1, 0.15) is 46.9 Å². The summed E-state index contributed by atoms with van der Waals surface area (Å²) < 4.78 is 26.3. The fourth-order valence-corrected chi connectivity index (χ4v) is 3.86. The summed E-state index contributed by atoms with van der Waals surface area (Å²) in [6.07, 6.45) is 0. The highest BCUT2D eigenvalue weighted by Gasteiger charge is 2.23. The molecule has 0 heterocycles. The third-order valence-corrected chi connectivity index (χ3v) is 6.56. The summed E-state index contributed by atoms with van der Waals surface area (Å²) in [7, 11) is -2.47. The lowest BCUT2D eigenvalue weighted by atomic mass is 10.0. The monoisotopic (exact) mass is 402 g/mol. The van der Waals surface area contributed by atoms with Crippen LogP contribution >= 0.6 is 0 Å².